The molecule has 150 valence electrons. The molecular formula is C19H18N4O4S2. The van der Waals surface area contributed by atoms with Crippen molar-refractivity contribution in [2.24, 2.45) is 5.73 Å². The molecule has 2 aromatic heterocycles. The number of aromatic nitrogens is 1. The number of carboxylic acid groups (broad SMARTS) is 1. The number of carbonyl (C=O) groups is 3. The minimum atomic E-state index is -1.15. The first-order valence-corrected chi connectivity index (χ1v) is 10.8. The Morgan fingerprint density at radius 3 is 2.86 bits per heavy atom. The van der Waals surface area contributed by atoms with Crippen molar-refractivity contribution in [2.45, 2.75) is 23.9 Å². The number of nitrogens with two attached hydrogens (primary N) is 1. The van der Waals surface area contributed by atoms with Crippen molar-refractivity contribution >= 4 is 40.9 Å². The van der Waals surface area contributed by atoms with E-state index in [4.69, 9.17) is 5.73 Å². The third-order valence-corrected chi connectivity index (χ3v) is 7.12. The summed E-state index contributed by atoms with van der Waals surface area (Å²) in [6, 6.07) is 5.56. The van der Waals surface area contributed by atoms with Crippen molar-refractivity contribution in [2.75, 3.05) is 5.75 Å². The van der Waals surface area contributed by atoms with Crippen molar-refractivity contribution in [1.29, 1.82) is 0 Å². The molecule has 10 heteroatoms. The van der Waals surface area contributed by atoms with Gasteiger partial charge < -0.3 is 16.2 Å². The minimum Gasteiger partial charge on any atom is -0.477 e. The molecular weight excluding hydrogens is 412 g/mol. The van der Waals surface area contributed by atoms with Crippen molar-refractivity contribution in [3.63, 3.8) is 0 Å². The highest BCUT2D eigenvalue weighted by Gasteiger charge is 2.54. The number of carbonyl (C=O) groups excluding carboxylic acids is 2. The van der Waals surface area contributed by atoms with Crippen LogP contribution >= 0.6 is 23.1 Å². The number of nitrogens with one attached hydrogen (secondary N) is 1. The minimum absolute atomic E-state index is 0.00402. The summed E-state index contributed by atoms with van der Waals surface area (Å²) < 4.78 is 0. The van der Waals surface area contributed by atoms with E-state index in [1.165, 1.54) is 28.0 Å². The average molecular weight is 431 g/mol. The van der Waals surface area contributed by atoms with Crippen molar-refractivity contribution in [3.8, 4) is 0 Å². The van der Waals surface area contributed by atoms with Gasteiger partial charge in [-0.1, -0.05) is 12.1 Å². The van der Waals surface area contributed by atoms with Crippen LogP contribution in [-0.2, 0) is 20.8 Å². The van der Waals surface area contributed by atoms with Crippen LogP contribution in [0.2, 0.25) is 0 Å². The van der Waals surface area contributed by atoms with E-state index in [-0.39, 0.29) is 5.70 Å². The average Bonchev–Trinajstić information content (AvgIpc) is 3.26. The molecule has 8 nitrogen and oxygen atoms in total. The number of hydrogen-bond acceptors (Lipinski definition) is 7. The second kappa shape index (κ2) is 7.97. The predicted molar refractivity (Wildman–Crippen MR) is 109 cm³/mol. The van der Waals surface area contributed by atoms with Crippen LogP contribution in [0, 0.1) is 0 Å². The number of thiophene rings is 1. The summed E-state index contributed by atoms with van der Waals surface area (Å²) in [7, 11) is 0. The molecule has 0 spiro atoms. The van der Waals surface area contributed by atoms with Crippen molar-refractivity contribution in [3.05, 3.63) is 63.7 Å². The molecule has 4 heterocycles. The van der Waals surface area contributed by atoms with Gasteiger partial charge >= 0.3 is 5.97 Å². The molecule has 1 fully saturated rings. The van der Waals surface area contributed by atoms with E-state index >= 15 is 0 Å². The fraction of sp³-hybridized carbons (Fsp3) is 0.263. The van der Waals surface area contributed by atoms with E-state index in [1.54, 1.807) is 30.6 Å². The van der Waals surface area contributed by atoms with Gasteiger partial charge in [0.15, 0.2) is 0 Å². The first-order chi connectivity index (χ1) is 14.0. The Labute approximate surface area is 174 Å². The Balaban J connectivity index is 1.51. The summed E-state index contributed by atoms with van der Waals surface area (Å²) in [5.74, 6) is -1.58. The monoisotopic (exact) mass is 430 g/mol. The van der Waals surface area contributed by atoms with Crippen LogP contribution in [0.1, 0.15) is 16.5 Å². The predicted octanol–water partition coefficient (Wildman–Crippen LogP) is 1.12. The van der Waals surface area contributed by atoms with Crippen LogP contribution in [0.4, 0.5) is 0 Å². The molecule has 2 amide bonds. The fourth-order valence-corrected chi connectivity index (χ4v) is 5.48. The smallest absolute Gasteiger partial charge is 0.352 e. The molecule has 29 heavy (non-hydrogen) atoms. The van der Waals surface area contributed by atoms with Gasteiger partial charge in [0.05, 0.1) is 0 Å². The van der Waals surface area contributed by atoms with Gasteiger partial charge in [0.25, 0.3) is 5.91 Å². The van der Waals surface area contributed by atoms with Gasteiger partial charge in [-0.05, 0) is 35.1 Å². The van der Waals surface area contributed by atoms with Gasteiger partial charge in [0.1, 0.15) is 23.2 Å². The van der Waals surface area contributed by atoms with E-state index in [2.05, 4.69) is 10.3 Å². The molecule has 4 rings (SSSR count). The normalized spacial score (nSPS) is 22.0. The molecule has 2 aliphatic rings. The number of thioether (sulfide) groups is 1. The van der Waals surface area contributed by atoms with Gasteiger partial charge in [-0.3, -0.25) is 19.5 Å². The number of fused-ring (bicyclic) bond motifs is 1. The second-order valence-electron chi connectivity index (χ2n) is 6.68. The number of pyridine rings is 1. The SMILES string of the molecule is NC(C(=O)NC1C(=O)N2C(C(=O)O)=C(Cc3cccnc3)CSC12)c1cccs1. The lowest BCUT2D eigenvalue weighted by molar-refractivity contribution is -0.150. The van der Waals surface area contributed by atoms with Crippen LogP contribution in [0.15, 0.2) is 53.3 Å². The molecule has 3 atom stereocenters. The molecule has 0 saturated carbocycles. The van der Waals surface area contributed by atoms with Gasteiger partial charge in [0, 0.05) is 23.0 Å². The van der Waals surface area contributed by atoms with E-state index < -0.39 is 35.2 Å². The summed E-state index contributed by atoms with van der Waals surface area (Å²) >= 11 is 2.80. The number of aliphatic carboxylic acids is 1. The lowest BCUT2D eigenvalue weighted by Crippen LogP contribution is -2.71. The highest BCUT2D eigenvalue weighted by Crippen LogP contribution is 2.41. The molecule has 1 saturated heterocycles. The number of hydrogen-bond donors (Lipinski definition) is 3. The lowest BCUT2D eigenvalue weighted by atomic mass is 9.99. The standard InChI is InChI=1S/C19H18N4O4S2/c20-13(12-4-2-6-28-12)16(24)22-14-17(25)23-15(19(26)27)11(9-29-18(14)23)7-10-3-1-5-21-8-10/h1-6,8,13-14,18H,7,9,20H2,(H,22,24)(H,26,27). The van der Waals surface area contributed by atoms with E-state index in [0.29, 0.717) is 22.6 Å². The molecule has 0 aliphatic carbocycles. The van der Waals surface area contributed by atoms with Crippen LogP contribution < -0.4 is 11.1 Å². The van der Waals surface area contributed by atoms with Gasteiger partial charge in [-0.25, -0.2) is 4.79 Å². The molecule has 0 bridgehead atoms. The molecule has 0 aromatic carbocycles. The summed E-state index contributed by atoms with van der Waals surface area (Å²) in [5, 5.41) is 13.8. The van der Waals surface area contributed by atoms with Crippen LogP contribution in [-0.4, -0.2) is 49.9 Å². The van der Waals surface area contributed by atoms with Crippen LogP contribution in [0.5, 0.6) is 0 Å². The third-order valence-electron chi connectivity index (χ3n) is 4.82. The highest BCUT2D eigenvalue weighted by molar-refractivity contribution is 8.00. The zero-order valence-corrected chi connectivity index (χ0v) is 16.8. The molecule has 4 N–H and O–H groups in total. The molecule has 3 unspecified atom stereocenters. The van der Waals surface area contributed by atoms with E-state index in [9.17, 15) is 19.5 Å². The maximum atomic E-state index is 12.7. The number of carboxylic acids is 1. The van der Waals surface area contributed by atoms with Crippen molar-refractivity contribution < 1.29 is 19.5 Å². The molecule has 0 radical (unpaired) electrons. The first-order valence-electron chi connectivity index (χ1n) is 8.85. The quantitative estimate of drug-likeness (QED) is 0.587. The van der Waals surface area contributed by atoms with Gasteiger partial charge in [0.2, 0.25) is 5.91 Å². The fourth-order valence-electron chi connectivity index (χ4n) is 3.41. The third kappa shape index (κ3) is 3.66. The number of nitrogens with zero attached hydrogens (tertiary/aromatic N) is 2. The summed E-state index contributed by atoms with van der Waals surface area (Å²) in [4.78, 5) is 43.1. The first kappa shape index (κ1) is 19.6. The highest BCUT2D eigenvalue weighted by atomic mass is 32.2. The number of amides is 2. The summed E-state index contributed by atoms with van der Waals surface area (Å²) in [6.45, 7) is 0. The van der Waals surface area contributed by atoms with Gasteiger partial charge in [-0.15, -0.1) is 23.1 Å². The van der Waals surface area contributed by atoms with Crippen LogP contribution in [0.25, 0.3) is 0 Å². The Morgan fingerprint density at radius 1 is 1.38 bits per heavy atom. The Bertz CT molecular complexity index is 977. The summed E-state index contributed by atoms with van der Waals surface area (Å²) in [6.07, 6.45) is 3.73. The Kier molecular flexibility index (Phi) is 5.39. The maximum Gasteiger partial charge on any atom is 0.352 e. The number of rotatable bonds is 6. The van der Waals surface area contributed by atoms with E-state index in [0.717, 1.165) is 5.56 Å². The van der Waals surface area contributed by atoms with Crippen molar-refractivity contribution in [1.82, 2.24) is 15.2 Å². The largest absolute Gasteiger partial charge is 0.477 e. The van der Waals surface area contributed by atoms with E-state index in [1.807, 2.05) is 11.4 Å². The Hall–Kier alpha value is -2.69. The zero-order chi connectivity index (χ0) is 20.5. The Morgan fingerprint density at radius 2 is 2.21 bits per heavy atom. The maximum absolute atomic E-state index is 12.7. The summed E-state index contributed by atoms with van der Waals surface area (Å²) in [5.41, 5.74) is 7.49. The molecule has 2 aliphatic heterocycles. The molecule has 2 aromatic rings. The topological polar surface area (TPSA) is 126 Å². The zero-order valence-electron chi connectivity index (χ0n) is 15.1. The van der Waals surface area contributed by atoms with Gasteiger partial charge in [-0.2, -0.15) is 0 Å². The number of β-lactam (4-membered cyclic amide) rings is 1. The van der Waals surface area contributed by atoms with Crippen LogP contribution in [0.3, 0.4) is 0 Å². The second-order valence-corrected chi connectivity index (χ2v) is 8.77. The lowest BCUT2D eigenvalue weighted by Gasteiger charge is -2.49.